The largest absolute Gasteiger partial charge is 0.369 e. The van der Waals surface area contributed by atoms with Gasteiger partial charge in [-0.2, -0.15) is 0 Å². The maximum absolute atomic E-state index is 13.1. The number of likely N-dealkylation sites (N-methyl/N-ethyl adjacent to an activating group) is 1. The van der Waals surface area contributed by atoms with Gasteiger partial charge in [-0.15, -0.1) is 0 Å². The first kappa shape index (κ1) is 16.7. The molecule has 1 aliphatic rings. The first-order chi connectivity index (χ1) is 10.4. The molecule has 0 radical (unpaired) electrons. The van der Waals surface area contributed by atoms with Crippen molar-refractivity contribution in [2.75, 3.05) is 33.2 Å². The van der Waals surface area contributed by atoms with Crippen molar-refractivity contribution in [3.8, 4) is 0 Å². The summed E-state index contributed by atoms with van der Waals surface area (Å²) in [6, 6.07) is 4.23. The second-order valence-corrected chi connectivity index (χ2v) is 6.03. The van der Waals surface area contributed by atoms with E-state index in [0.717, 1.165) is 0 Å². The third kappa shape index (κ3) is 4.18. The van der Waals surface area contributed by atoms with E-state index in [-0.39, 0.29) is 23.3 Å². The van der Waals surface area contributed by atoms with Crippen molar-refractivity contribution in [2.45, 2.75) is 6.42 Å². The van der Waals surface area contributed by atoms with Crippen molar-refractivity contribution in [1.29, 1.82) is 0 Å². The number of hydrogen-bond acceptors (Lipinski definition) is 3. The summed E-state index contributed by atoms with van der Waals surface area (Å²) in [5.74, 6) is -1.42. The maximum atomic E-state index is 13.1. The number of nitrogens with zero attached hydrogens (tertiary/aromatic N) is 2. The van der Waals surface area contributed by atoms with Crippen molar-refractivity contribution in [3.05, 3.63) is 34.6 Å². The second-order valence-electron chi connectivity index (χ2n) is 5.63. The zero-order valence-corrected chi connectivity index (χ0v) is 13.1. The van der Waals surface area contributed by atoms with Crippen LogP contribution in [-0.2, 0) is 16.0 Å². The average Bonchev–Trinajstić information content (AvgIpc) is 2.65. The number of halogens is 2. The summed E-state index contributed by atoms with van der Waals surface area (Å²) < 4.78 is 13.1. The highest BCUT2D eigenvalue weighted by Crippen LogP contribution is 2.17. The zero-order valence-electron chi connectivity index (χ0n) is 12.4. The van der Waals surface area contributed by atoms with Crippen molar-refractivity contribution in [2.24, 2.45) is 11.7 Å². The maximum Gasteiger partial charge on any atom is 0.227 e. The van der Waals surface area contributed by atoms with E-state index >= 15 is 0 Å². The number of hydrogen-bond donors (Lipinski definition) is 1. The minimum absolute atomic E-state index is 0.00378. The van der Waals surface area contributed by atoms with Gasteiger partial charge in [0.2, 0.25) is 11.8 Å². The Morgan fingerprint density at radius 1 is 1.36 bits per heavy atom. The van der Waals surface area contributed by atoms with Crippen LogP contribution in [0.3, 0.4) is 0 Å². The second kappa shape index (κ2) is 7.07. The Balaban J connectivity index is 2.07. The fourth-order valence-corrected chi connectivity index (χ4v) is 2.72. The van der Waals surface area contributed by atoms with Gasteiger partial charge in [-0.1, -0.05) is 17.7 Å². The molecule has 0 aromatic heterocycles. The summed E-state index contributed by atoms with van der Waals surface area (Å²) >= 11 is 5.73. The normalized spacial score (nSPS) is 19.8. The zero-order chi connectivity index (χ0) is 16.3. The minimum atomic E-state index is -0.511. The Labute approximate surface area is 133 Å². The highest BCUT2D eigenvalue weighted by Gasteiger charge is 2.27. The van der Waals surface area contributed by atoms with Gasteiger partial charge in [0.05, 0.1) is 17.4 Å². The van der Waals surface area contributed by atoms with Crippen LogP contribution in [0.15, 0.2) is 18.2 Å². The van der Waals surface area contributed by atoms with E-state index in [1.165, 1.54) is 18.2 Å². The summed E-state index contributed by atoms with van der Waals surface area (Å²) in [4.78, 5) is 27.5. The molecule has 0 aliphatic carbocycles. The molecule has 1 aromatic rings. The Hall–Kier alpha value is -1.66. The van der Waals surface area contributed by atoms with Crippen molar-refractivity contribution in [3.63, 3.8) is 0 Å². The molecule has 1 atom stereocenters. The number of rotatable bonds is 3. The van der Waals surface area contributed by atoms with E-state index in [1.807, 2.05) is 11.9 Å². The summed E-state index contributed by atoms with van der Waals surface area (Å²) in [5, 5.41) is -0.00378. The monoisotopic (exact) mass is 327 g/mol. The van der Waals surface area contributed by atoms with Crippen LogP contribution in [0.2, 0.25) is 5.02 Å². The van der Waals surface area contributed by atoms with E-state index < -0.39 is 11.7 Å². The quantitative estimate of drug-likeness (QED) is 0.897. The van der Waals surface area contributed by atoms with Crippen LogP contribution in [0.1, 0.15) is 5.56 Å². The summed E-state index contributed by atoms with van der Waals surface area (Å²) in [6.07, 6.45) is 0.120. The molecule has 0 unspecified atom stereocenters. The van der Waals surface area contributed by atoms with Gasteiger partial charge < -0.3 is 15.5 Å². The van der Waals surface area contributed by atoms with Crippen molar-refractivity contribution < 1.29 is 14.0 Å². The lowest BCUT2D eigenvalue weighted by atomic mass is 10.1. The number of carbonyl (C=O) groups is 2. The predicted octanol–water partition coefficient (Wildman–Crippen LogP) is 0.897. The Kier molecular flexibility index (Phi) is 5.37. The molecule has 0 saturated carbocycles. The van der Waals surface area contributed by atoms with Crippen LogP contribution in [0.25, 0.3) is 0 Å². The van der Waals surface area contributed by atoms with Gasteiger partial charge in [0, 0.05) is 26.2 Å². The van der Waals surface area contributed by atoms with Crippen LogP contribution in [0.4, 0.5) is 4.39 Å². The Morgan fingerprint density at radius 3 is 2.73 bits per heavy atom. The SMILES string of the molecule is CN1CCN(C(=O)Cc2ccc(F)c(Cl)c2)C[C@@H](C(N)=O)C1. The third-order valence-electron chi connectivity index (χ3n) is 3.82. The molecule has 22 heavy (non-hydrogen) atoms. The number of primary amides is 1. The fourth-order valence-electron chi connectivity index (χ4n) is 2.52. The molecule has 2 N–H and O–H groups in total. The molecule has 0 bridgehead atoms. The van der Waals surface area contributed by atoms with E-state index in [4.69, 9.17) is 17.3 Å². The molecule has 1 fully saturated rings. The standard InChI is InChI=1S/C15H19ClFN3O2/c1-19-4-5-20(9-11(8-19)15(18)22)14(21)7-10-2-3-13(17)12(16)6-10/h2-3,6,11H,4-5,7-9H2,1H3,(H2,18,22)/t11-/m0/s1. The highest BCUT2D eigenvalue weighted by molar-refractivity contribution is 6.30. The first-order valence-electron chi connectivity index (χ1n) is 7.06. The van der Waals surface area contributed by atoms with Crippen LogP contribution in [0.5, 0.6) is 0 Å². The molecule has 5 nitrogen and oxygen atoms in total. The molecule has 1 aromatic carbocycles. The van der Waals surface area contributed by atoms with Crippen LogP contribution in [-0.4, -0.2) is 54.8 Å². The molecule has 0 spiro atoms. The van der Waals surface area contributed by atoms with Crippen molar-refractivity contribution in [1.82, 2.24) is 9.80 Å². The minimum Gasteiger partial charge on any atom is -0.369 e. The first-order valence-corrected chi connectivity index (χ1v) is 7.44. The van der Waals surface area contributed by atoms with E-state index in [1.54, 1.807) is 4.90 Å². The van der Waals surface area contributed by atoms with Crippen LogP contribution in [0, 0.1) is 11.7 Å². The number of nitrogens with two attached hydrogens (primary N) is 1. The van der Waals surface area contributed by atoms with Gasteiger partial charge in [-0.05, 0) is 24.7 Å². The number of amides is 2. The van der Waals surface area contributed by atoms with Crippen LogP contribution < -0.4 is 5.73 Å². The summed E-state index contributed by atoms with van der Waals surface area (Å²) in [5.41, 5.74) is 6.03. The molecule has 2 rings (SSSR count). The van der Waals surface area contributed by atoms with Gasteiger partial charge in [-0.3, -0.25) is 9.59 Å². The molecule has 1 heterocycles. The smallest absolute Gasteiger partial charge is 0.227 e. The highest BCUT2D eigenvalue weighted by atomic mass is 35.5. The average molecular weight is 328 g/mol. The van der Waals surface area contributed by atoms with Gasteiger partial charge >= 0.3 is 0 Å². The van der Waals surface area contributed by atoms with E-state index in [9.17, 15) is 14.0 Å². The predicted molar refractivity (Wildman–Crippen MR) is 81.9 cm³/mol. The van der Waals surface area contributed by atoms with Crippen molar-refractivity contribution >= 4 is 23.4 Å². The molecule has 1 saturated heterocycles. The van der Waals surface area contributed by atoms with Gasteiger partial charge in [-0.25, -0.2) is 4.39 Å². The molecular weight excluding hydrogens is 309 g/mol. The van der Waals surface area contributed by atoms with Gasteiger partial charge in [0.25, 0.3) is 0 Å². The molecular formula is C15H19ClFN3O2. The summed E-state index contributed by atoms with van der Waals surface area (Å²) in [7, 11) is 1.89. The lowest BCUT2D eigenvalue weighted by Crippen LogP contribution is -2.40. The topological polar surface area (TPSA) is 66.6 Å². The van der Waals surface area contributed by atoms with Crippen LogP contribution >= 0.6 is 11.6 Å². The molecule has 120 valence electrons. The molecule has 2 amide bonds. The number of benzene rings is 1. The van der Waals surface area contributed by atoms with E-state index in [0.29, 0.717) is 31.7 Å². The molecule has 7 heteroatoms. The van der Waals surface area contributed by atoms with E-state index in [2.05, 4.69) is 0 Å². The lowest BCUT2D eigenvalue weighted by molar-refractivity contribution is -0.131. The lowest BCUT2D eigenvalue weighted by Gasteiger charge is -2.22. The van der Waals surface area contributed by atoms with Gasteiger partial charge in [0.15, 0.2) is 0 Å². The Bertz CT molecular complexity index is 582. The van der Waals surface area contributed by atoms with Gasteiger partial charge in [0.1, 0.15) is 5.82 Å². The third-order valence-corrected chi connectivity index (χ3v) is 4.11. The fraction of sp³-hybridized carbons (Fsp3) is 0.467. The summed E-state index contributed by atoms with van der Waals surface area (Å²) in [6.45, 7) is 2.07. The number of carbonyl (C=O) groups excluding carboxylic acids is 2. The molecule has 1 aliphatic heterocycles. The Morgan fingerprint density at radius 2 is 2.09 bits per heavy atom.